The van der Waals surface area contributed by atoms with Gasteiger partial charge < -0.3 is 15.7 Å². The van der Waals surface area contributed by atoms with Crippen molar-refractivity contribution in [2.45, 2.75) is 13.5 Å². The molecule has 2 heterocycles. The number of rotatable bonds is 4. The van der Waals surface area contributed by atoms with Crippen LogP contribution in [0.4, 0.5) is 11.5 Å². The van der Waals surface area contributed by atoms with Crippen LogP contribution in [0, 0.1) is 0 Å². The van der Waals surface area contributed by atoms with E-state index in [1.165, 1.54) is 4.57 Å². The van der Waals surface area contributed by atoms with Crippen LogP contribution in [0.3, 0.4) is 0 Å². The first-order valence-corrected chi connectivity index (χ1v) is 6.79. The molecular weight excluding hydrogens is 262 g/mol. The molecule has 1 aliphatic heterocycles. The minimum absolute atomic E-state index is 0.128. The summed E-state index contributed by atoms with van der Waals surface area (Å²) in [5, 5.41) is 8.92. The van der Waals surface area contributed by atoms with Gasteiger partial charge in [0.15, 0.2) is 0 Å². The molecule has 8 heteroatoms. The van der Waals surface area contributed by atoms with Crippen molar-refractivity contribution in [2.75, 3.05) is 50.0 Å². The molecule has 4 N–H and O–H groups in total. The fraction of sp³-hybridized carbons (Fsp3) is 0.667. The fourth-order valence-electron chi connectivity index (χ4n) is 2.53. The van der Waals surface area contributed by atoms with Crippen LogP contribution in [0.25, 0.3) is 0 Å². The number of aliphatic hydroxyl groups excluding tert-OH is 1. The van der Waals surface area contributed by atoms with E-state index in [1.807, 2.05) is 4.90 Å². The second-order valence-electron chi connectivity index (χ2n) is 4.79. The lowest BCUT2D eigenvalue weighted by atomic mass is 10.2. The molecular formula is C12H21N5O3. The largest absolute Gasteiger partial charge is 0.395 e. The molecule has 0 radical (unpaired) electrons. The van der Waals surface area contributed by atoms with Crippen LogP contribution in [-0.2, 0) is 6.54 Å². The molecule has 1 fully saturated rings. The van der Waals surface area contributed by atoms with E-state index in [9.17, 15) is 9.59 Å². The number of hydrogen-bond donors (Lipinski definition) is 3. The van der Waals surface area contributed by atoms with Crippen molar-refractivity contribution in [3.05, 3.63) is 20.8 Å². The van der Waals surface area contributed by atoms with E-state index in [0.717, 1.165) is 13.1 Å². The Morgan fingerprint density at radius 1 is 1.25 bits per heavy atom. The Bertz CT molecular complexity index is 571. The van der Waals surface area contributed by atoms with Crippen LogP contribution in [0.5, 0.6) is 0 Å². The summed E-state index contributed by atoms with van der Waals surface area (Å²) in [5.74, 6) is 0.219. The number of H-pyrrole nitrogens is 1. The summed E-state index contributed by atoms with van der Waals surface area (Å²) in [6.45, 7) is 5.79. The van der Waals surface area contributed by atoms with Gasteiger partial charge in [-0.3, -0.25) is 19.2 Å². The molecule has 2 rings (SSSR count). The molecule has 0 spiro atoms. The average molecular weight is 283 g/mol. The van der Waals surface area contributed by atoms with Crippen molar-refractivity contribution in [3.8, 4) is 0 Å². The second kappa shape index (κ2) is 6.10. The third kappa shape index (κ3) is 2.70. The zero-order chi connectivity index (χ0) is 14.7. The highest BCUT2D eigenvalue weighted by atomic mass is 16.3. The number of nitrogens with two attached hydrogens (primary N) is 1. The number of nitrogen functional groups attached to an aromatic ring is 1. The van der Waals surface area contributed by atoms with Crippen molar-refractivity contribution in [2.24, 2.45) is 0 Å². The molecule has 0 atom stereocenters. The van der Waals surface area contributed by atoms with Gasteiger partial charge in [-0.15, -0.1) is 0 Å². The summed E-state index contributed by atoms with van der Waals surface area (Å²) in [6, 6.07) is 0. The third-order valence-electron chi connectivity index (χ3n) is 3.64. The Hall–Kier alpha value is -1.80. The van der Waals surface area contributed by atoms with Crippen LogP contribution in [0.1, 0.15) is 6.92 Å². The third-order valence-corrected chi connectivity index (χ3v) is 3.64. The van der Waals surface area contributed by atoms with Gasteiger partial charge in [-0.2, -0.15) is 0 Å². The van der Waals surface area contributed by atoms with Gasteiger partial charge in [0.2, 0.25) is 0 Å². The first-order valence-electron chi connectivity index (χ1n) is 6.79. The lowest BCUT2D eigenvalue weighted by Crippen LogP contribution is -2.49. The van der Waals surface area contributed by atoms with Crippen molar-refractivity contribution < 1.29 is 5.11 Å². The average Bonchev–Trinajstić information content (AvgIpc) is 2.41. The Morgan fingerprint density at radius 3 is 2.45 bits per heavy atom. The summed E-state index contributed by atoms with van der Waals surface area (Å²) < 4.78 is 1.36. The number of nitrogens with zero attached hydrogens (tertiary/aromatic N) is 3. The highest BCUT2D eigenvalue weighted by Crippen LogP contribution is 2.17. The standard InChI is InChI=1S/C12H21N5O3/c1-2-17-10(13)9(11(19)14-12(17)20)16-5-3-15(4-6-16)7-8-18/h18H,2-8,13H2,1H3,(H,14,19,20). The first-order chi connectivity index (χ1) is 9.58. The molecule has 0 bridgehead atoms. The van der Waals surface area contributed by atoms with Crippen molar-refractivity contribution in [1.29, 1.82) is 0 Å². The highest BCUT2D eigenvalue weighted by Gasteiger charge is 2.22. The van der Waals surface area contributed by atoms with Crippen LogP contribution in [0.15, 0.2) is 9.59 Å². The van der Waals surface area contributed by atoms with Crippen LogP contribution in [-0.4, -0.2) is 58.9 Å². The number of nitrogens with one attached hydrogen (secondary N) is 1. The molecule has 1 aromatic rings. The van der Waals surface area contributed by atoms with Gasteiger partial charge in [-0.05, 0) is 6.92 Å². The van der Waals surface area contributed by atoms with E-state index in [1.54, 1.807) is 6.92 Å². The number of piperazine rings is 1. The SMILES string of the molecule is CCn1c(N)c(N2CCN(CCO)CC2)c(=O)[nH]c1=O. The molecule has 112 valence electrons. The van der Waals surface area contributed by atoms with E-state index < -0.39 is 11.2 Å². The topological polar surface area (TPSA) is 108 Å². The lowest BCUT2D eigenvalue weighted by molar-refractivity contribution is 0.188. The van der Waals surface area contributed by atoms with E-state index in [2.05, 4.69) is 9.88 Å². The number of hydrogen-bond acceptors (Lipinski definition) is 6. The molecule has 0 aliphatic carbocycles. The predicted molar refractivity (Wildman–Crippen MR) is 77.1 cm³/mol. The predicted octanol–water partition coefficient (Wildman–Crippen LogP) is -1.75. The maximum Gasteiger partial charge on any atom is 0.330 e. The zero-order valence-electron chi connectivity index (χ0n) is 11.6. The fourth-order valence-corrected chi connectivity index (χ4v) is 2.53. The van der Waals surface area contributed by atoms with E-state index in [0.29, 0.717) is 31.9 Å². The van der Waals surface area contributed by atoms with Crippen molar-refractivity contribution in [3.63, 3.8) is 0 Å². The second-order valence-corrected chi connectivity index (χ2v) is 4.79. The number of aliphatic hydroxyl groups is 1. The molecule has 0 unspecified atom stereocenters. The molecule has 0 amide bonds. The van der Waals surface area contributed by atoms with Gasteiger partial charge in [-0.25, -0.2) is 4.79 Å². The lowest BCUT2D eigenvalue weighted by Gasteiger charge is -2.35. The molecule has 1 aliphatic rings. The van der Waals surface area contributed by atoms with Crippen LogP contribution >= 0.6 is 0 Å². The van der Waals surface area contributed by atoms with E-state index >= 15 is 0 Å². The zero-order valence-corrected chi connectivity index (χ0v) is 11.6. The van der Waals surface area contributed by atoms with Gasteiger partial charge in [0.1, 0.15) is 11.5 Å². The Labute approximate surface area is 116 Å². The monoisotopic (exact) mass is 283 g/mol. The molecule has 1 saturated heterocycles. The molecule has 8 nitrogen and oxygen atoms in total. The van der Waals surface area contributed by atoms with Crippen LogP contribution in [0.2, 0.25) is 0 Å². The summed E-state index contributed by atoms with van der Waals surface area (Å²) in [7, 11) is 0. The Kier molecular flexibility index (Phi) is 4.46. The molecule has 0 aromatic carbocycles. The van der Waals surface area contributed by atoms with Gasteiger partial charge in [0.25, 0.3) is 5.56 Å². The normalized spacial score (nSPS) is 16.6. The number of aromatic nitrogens is 2. The molecule has 20 heavy (non-hydrogen) atoms. The van der Waals surface area contributed by atoms with Gasteiger partial charge in [0.05, 0.1) is 6.61 Å². The first kappa shape index (κ1) is 14.6. The van der Waals surface area contributed by atoms with E-state index in [-0.39, 0.29) is 12.4 Å². The minimum atomic E-state index is -0.474. The maximum absolute atomic E-state index is 12.0. The summed E-state index contributed by atoms with van der Waals surface area (Å²) in [6.07, 6.45) is 0. The summed E-state index contributed by atoms with van der Waals surface area (Å²) in [4.78, 5) is 30.0. The Morgan fingerprint density at radius 2 is 1.90 bits per heavy atom. The number of β-amino-alcohol motifs (C(OH)–C–C–N with tert-alkyl or cyclic N) is 1. The Balaban J connectivity index is 2.26. The summed E-state index contributed by atoms with van der Waals surface area (Å²) in [5.41, 5.74) is 5.43. The van der Waals surface area contributed by atoms with E-state index in [4.69, 9.17) is 10.8 Å². The number of anilines is 2. The summed E-state index contributed by atoms with van der Waals surface area (Å²) >= 11 is 0. The molecule has 1 aromatic heterocycles. The number of aromatic amines is 1. The van der Waals surface area contributed by atoms with Gasteiger partial charge >= 0.3 is 5.69 Å². The van der Waals surface area contributed by atoms with Crippen molar-refractivity contribution in [1.82, 2.24) is 14.5 Å². The van der Waals surface area contributed by atoms with Crippen molar-refractivity contribution >= 4 is 11.5 Å². The van der Waals surface area contributed by atoms with Gasteiger partial charge in [-0.1, -0.05) is 0 Å². The maximum atomic E-state index is 12.0. The quantitative estimate of drug-likeness (QED) is 0.605. The van der Waals surface area contributed by atoms with Gasteiger partial charge in [0, 0.05) is 39.3 Å². The minimum Gasteiger partial charge on any atom is -0.395 e. The molecule has 0 saturated carbocycles. The smallest absolute Gasteiger partial charge is 0.330 e. The highest BCUT2D eigenvalue weighted by molar-refractivity contribution is 5.62. The van der Waals surface area contributed by atoms with Crippen LogP contribution < -0.4 is 21.9 Å².